The smallest absolute Gasteiger partial charge is 0.304 e. The van der Waals surface area contributed by atoms with Gasteiger partial charge in [-0.2, -0.15) is 0 Å². The van der Waals surface area contributed by atoms with Crippen LogP contribution in [0.5, 0.6) is 0 Å². The number of halogens is 1. The molecule has 0 saturated carbocycles. The first kappa shape index (κ1) is 15.2. The van der Waals surface area contributed by atoms with E-state index >= 15 is 0 Å². The normalized spacial score (nSPS) is 16.0. The van der Waals surface area contributed by atoms with Crippen molar-refractivity contribution in [3.63, 3.8) is 0 Å². The summed E-state index contributed by atoms with van der Waals surface area (Å²) in [4.78, 5) is 25.5. The Balaban J connectivity index is 1.96. The summed E-state index contributed by atoms with van der Waals surface area (Å²) in [5, 5.41) is 8.66. The minimum absolute atomic E-state index is 0.113. The maximum absolute atomic E-state index is 14.0. The minimum atomic E-state index is -0.814. The molecule has 7 heteroatoms. The van der Waals surface area contributed by atoms with Crippen LogP contribution in [-0.4, -0.2) is 54.6 Å². The lowest BCUT2D eigenvalue weighted by Crippen LogP contribution is -2.47. The van der Waals surface area contributed by atoms with Gasteiger partial charge in [-0.25, -0.2) is 4.39 Å². The highest BCUT2D eigenvalue weighted by Gasteiger charge is 2.20. The lowest BCUT2D eigenvalue weighted by atomic mass is 10.1. The predicted molar refractivity (Wildman–Crippen MR) is 75.8 cm³/mol. The van der Waals surface area contributed by atoms with Gasteiger partial charge < -0.3 is 15.7 Å². The molecule has 0 spiro atoms. The average molecular weight is 295 g/mol. The number of carboxylic acids is 1. The molecule has 1 heterocycles. The summed E-state index contributed by atoms with van der Waals surface area (Å²) in [6, 6.07) is 4.22. The first-order chi connectivity index (χ1) is 9.97. The lowest BCUT2D eigenvalue weighted by molar-refractivity contribution is -0.137. The monoisotopic (exact) mass is 295 g/mol. The van der Waals surface area contributed by atoms with E-state index in [4.69, 9.17) is 10.8 Å². The number of nitrogens with two attached hydrogens (primary N) is 1. The Kier molecular flexibility index (Phi) is 4.74. The second kappa shape index (κ2) is 6.53. The maximum atomic E-state index is 14.0. The van der Waals surface area contributed by atoms with Gasteiger partial charge in [-0.05, 0) is 18.2 Å². The molecule has 1 saturated heterocycles. The number of nitrogens with zero attached hydrogens (tertiary/aromatic N) is 2. The lowest BCUT2D eigenvalue weighted by Gasteiger charge is -2.36. The Morgan fingerprint density at radius 1 is 1.24 bits per heavy atom. The van der Waals surface area contributed by atoms with E-state index in [1.54, 1.807) is 6.07 Å². The Bertz CT molecular complexity index is 542. The van der Waals surface area contributed by atoms with Crippen LogP contribution in [0.3, 0.4) is 0 Å². The molecule has 21 heavy (non-hydrogen) atoms. The van der Waals surface area contributed by atoms with Crippen molar-refractivity contribution in [1.82, 2.24) is 4.90 Å². The summed E-state index contributed by atoms with van der Waals surface area (Å²) in [7, 11) is 0. The zero-order valence-electron chi connectivity index (χ0n) is 11.6. The zero-order valence-corrected chi connectivity index (χ0v) is 11.6. The predicted octanol–water partition coefficient (Wildman–Crippen LogP) is 0.521. The van der Waals surface area contributed by atoms with Crippen LogP contribution in [0.1, 0.15) is 16.8 Å². The molecule has 0 aliphatic carbocycles. The van der Waals surface area contributed by atoms with E-state index in [9.17, 15) is 14.0 Å². The third-order valence-electron chi connectivity index (χ3n) is 3.59. The Morgan fingerprint density at radius 3 is 2.43 bits per heavy atom. The van der Waals surface area contributed by atoms with Gasteiger partial charge in [0.1, 0.15) is 5.82 Å². The molecule has 1 aromatic carbocycles. The van der Waals surface area contributed by atoms with Crippen LogP contribution >= 0.6 is 0 Å². The molecule has 1 aliphatic rings. The van der Waals surface area contributed by atoms with Gasteiger partial charge in [0, 0.05) is 38.3 Å². The number of aliphatic carboxylic acids is 1. The number of hydrogen-bond donors (Lipinski definition) is 2. The van der Waals surface area contributed by atoms with Gasteiger partial charge in [0.15, 0.2) is 0 Å². The third-order valence-corrected chi connectivity index (χ3v) is 3.59. The first-order valence-corrected chi connectivity index (χ1v) is 6.76. The van der Waals surface area contributed by atoms with Crippen molar-refractivity contribution < 1.29 is 19.1 Å². The summed E-state index contributed by atoms with van der Waals surface area (Å²) in [5.74, 6) is -1.94. The number of rotatable bonds is 5. The summed E-state index contributed by atoms with van der Waals surface area (Å²) in [6.45, 7) is 3.11. The number of primary amides is 1. The van der Waals surface area contributed by atoms with Crippen LogP contribution in [0.4, 0.5) is 10.1 Å². The molecule has 0 bridgehead atoms. The van der Waals surface area contributed by atoms with Crippen molar-refractivity contribution in [3.05, 3.63) is 29.6 Å². The highest BCUT2D eigenvalue weighted by Crippen LogP contribution is 2.22. The molecule has 114 valence electrons. The molecule has 0 unspecified atom stereocenters. The molecule has 1 fully saturated rings. The second-order valence-corrected chi connectivity index (χ2v) is 5.00. The van der Waals surface area contributed by atoms with Crippen LogP contribution in [0, 0.1) is 5.82 Å². The first-order valence-electron chi connectivity index (χ1n) is 6.76. The van der Waals surface area contributed by atoms with Crippen LogP contribution in [0.15, 0.2) is 18.2 Å². The van der Waals surface area contributed by atoms with Gasteiger partial charge in [0.05, 0.1) is 12.1 Å². The van der Waals surface area contributed by atoms with Crippen molar-refractivity contribution in [2.45, 2.75) is 6.42 Å². The van der Waals surface area contributed by atoms with Crippen LogP contribution in [-0.2, 0) is 4.79 Å². The highest BCUT2D eigenvalue weighted by molar-refractivity contribution is 5.93. The van der Waals surface area contributed by atoms with Crippen LogP contribution < -0.4 is 10.6 Å². The van der Waals surface area contributed by atoms with E-state index in [2.05, 4.69) is 0 Å². The van der Waals surface area contributed by atoms with E-state index in [0.29, 0.717) is 38.4 Å². The van der Waals surface area contributed by atoms with Gasteiger partial charge in [0.25, 0.3) is 0 Å². The van der Waals surface area contributed by atoms with Gasteiger partial charge in [-0.1, -0.05) is 0 Å². The number of carbonyl (C=O) groups is 2. The van der Waals surface area contributed by atoms with Gasteiger partial charge >= 0.3 is 5.97 Å². The Labute approximate surface area is 121 Å². The number of piperazine rings is 1. The molecule has 6 nitrogen and oxygen atoms in total. The quantitative estimate of drug-likeness (QED) is 0.827. The fourth-order valence-corrected chi connectivity index (χ4v) is 2.38. The van der Waals surface area contributed by atoms with Crippen molar-refractivity contribution in [2.24, 2.45) is 5.73 Å². The van der Waals surface area contributed by atoms with Gasteiger partial charge in [-0.15, -0.1) is 0 Å². The van der Waals surface area contributed by atoms with Crippen molar-refractivity contribution in [2.75, 3.05) is 37.6 Å². The van der Waals surface area contributed by atoms with Crippen LogP contribution in [0.25, 0.3) is 0 Å². The molecule has 3 N–H and O–H groups in total. The van der Waals surface area contributed by atoms with Gasteiger partial charge in [0.2, 0.25) is 5.91 Å². The number of hydrogen-bond acceptors (Lipinski definition) is 4. The third kappa shape index (κ3) is 3.91. The molecular weight excluding hydrogens is 277 g/mol. The van der Waals surface area contributed by atoms with Gasteiger partial charge in [-0.3, -0.25) is 14.5 Å². The van der Waals surface area contributed by atoms with Crippen molar-refractivity contribution >= 4 is 17.6 Å². The molecular formula is C14H18FN3O3. The Morgan fingerprint density at radius 2 is 1.90 bits per heavy atom. The average Bonchev–Trinajstić information content (AvgIpc) is 2.45. The number of carboxylic acid groups (broad SMARTS) is 1. The van der Waals surface area contributed by atoms with Crippen molar-refractivity contribution in [1.29, 1.82) is 0 Å². The molecule has 2 rings (SSSR count). The van der Waals surface area contributed by atoms with E-state index in [-0.39, 0.29) is 12.0 Å². The molecule has 0 aromatic heterocycles. The second-order valence-electron chi connectivity index (χ2n) is 5.00. The SMILES string of the molecule is NC(=O)c1ccc(N2CCN(CCC(=O)O)CC2)c(F)c1. The molecule has 0 radical (unpaired) electrons. The zero-order chi connectivity index (χ0) is 15.4. The molecule has 1 amide bonds. The Hall–Kier alpha value is -2.15. The molecule has 1 aliphatic heterocycles. The summed E-state index contributed by atoms with van der Waals surface area (Å²) >= 11 is 0. The molecule has 0 atom stereocenters. The van der Waals surface area contributed by atoms with Crippen LogP contribution in [0.2, 0.25) is 0 Å². The van der Waals surface area contributed by atoms with E-state index < -0.39 is 17.7 Å². The minimum Gasteiger partial charge on any atom is -0.481 e. The maximum Gasteiger partial charge on any atom is 0.304 e. The standard InChI is InChI=1S/C14H18FN3O3/c15-11-9-10(14(16)21)1-2-12(11)18-7-5-17(6-8-18)4-3-13(19)20/h1-2,9H,3-8H2,(H2,16,21)(H,19,20). The number of benzene rings is 1. The van der Waals surface area contributed by atoms with E-state index in [1.807, 2.05) is 9.80 Å². The topological polar surface area (TPSA) is 86.9 Å². The van der Waals surface area contributed by atoms with Crippen molar-refractivity contribution in [3.8, 4) is 0 Å². The largest absolute Gasteiger partial charge is 0.481 e. The fraction of sp³-hybridized carbons (Fsp3) is 0.429. The summed E-state index contributed by atoms with van der Waals surface area (Å²) in [6.07, 6.45) is 0.113. The molecule has 1 aromatic rings. The summed E-state index contributed by atoms with van der Waals surface area (Å²) < 4.78 is 14.0. The highest BCUT2D eigenvalue weighted by atomic mass is 19.1. The van der Waals surface area contributed by atoms with E-state index in [0.717, 1.165) is 6.07 Å². The number of anilines is 1. The number of carbonyl (C=O) groups excluding carboxylic acids is 1. The summed E-state index contributed by atoms with van der Waals surface area (Å²) in [5.41, 5.74) is 5.71. The van der Waals surface area contributed by atoms with E-state index in [1.165, 1.54) is 6.07 Å². The number of amides is 1. The fourth-order valence-electron chi connectivity index (χ4n) is 2.38.